The largest absolute Gasteiger partial charge is 0.361 e. The van der Waals surface area contributed by atoms with Crippen LogP contribution in [0.15, 0.2) is 24.4 Å². The molecule has 1 aliphatic rings. The predicted octanol–water partition coefficient (Wildman–Crippen LogP) is 4.28. The zero-order chi connectivity index (χ0) is 14.1. The van der Waals surface area contributed by atoms with Crippen molar-refractivity contribution in [3.05, 3.63) is 35.5 Å². The van der Waals surface area contributed by atoms with Gasteiger partial charge >= 0.3 is 0 Å². The maximum absolute atomic E-state index is 3.41. The van der Waals surface area contributed by atoms with Crippen LogP contribution in [0.3, 0.4) is 0 Å². The smallest absolute Gasteiger partial charge is 0.0456 e. The van der Waals surface area contributed by atoms with E-state index in [2.05, 4.69) is 55.1 Å². The first-order chi connectivity index (χ1) is 9.65. The van der Waals surface area contributed by atoms with Crippen LogP contribution in [-0.4, -0.2) is 28.5 Å². The average Bonchev–Trinajstić information content (AvgIpc) is 2.81. The van der Waals surface area contributed by atoms with E-state index in [0.717, 1.165) is 18.5 Å². The summed E-state index contributed by atoms with van der Waals surface area (Å²) in [5.74, 6) is 0. The summed E-state index contributed by atoms with van der Waals surface area (Å²) < 4.78 is 0. The number of aromatic amines is 1. The number of nitrogens with zero attached hydrogens (tertiary/aromatic N) is 1. The molecule has 1 aromatic carbocycles. The number of fused-ring (bicyclic) bond motifs is 1. The van der Waals surface area contributed by atoms with Gasteiger partial charge in [0.1, 0.15) is 0 Å². The van der Waals surface area contributed by atoms with Gasteiger partial charge in [0.05, 0.1) is 0 Å². The second-order valence-corrected chi connectivity index (χ2v) is 6.48. The summed E-state index contributed by atoms with van der Waals surface area (Å²) in [5, 5.41) is 1.40. The molecule has 1 saturated heterocycles. The third-order valence-corrected chi connectivity index (χ3v) is 4.94. The van der Waals surface area contributed by atoms with E-state index in [0.29, 0.717) is 0 Å². The summed E-state index contributed by atoms with van der Waals surface area (Å²) in [6, 6.07) is 8.17. The van der Waals surface area contributed by atoms with Crippen molar-refractivity contribution in [2.75, 3.05) is 6.54 Å². The number of aryl methyl sites for hydroxylation is 1. The number of nitrogens with one attached hydrogen (secondary N) is 1. The molecule has 0 amide bonds. The molecule has 0 aliphatic carbocycles. The second kappa shape index (κ2) is 5.61. The highest BCUT2D eigenvalue weighted by Crippen LogP contribution is 2.24. The summed E-state index contributed by atoms with van der Waals surface area (Å²) >= 11 is 0. The van der Waals surface area contributed by atoms with Gasteiger partial charge < -0.3 is 4.98 Å². The van der Waals surface area contributed by atoms with E-state index in [4.69, 9.17) is 0 Å². The van der Waals surface area contributed by atoms with E-state index in [9.17, 15) is 0 Å². The van der Waals surface area contributed by atoms with Gasteiger partial charge in [0.2, 0.25) is 0 Å². The first kappa shape index (κ1) is 13.7. The molecule has 108 valence electrons. The minimum atomic E-state index is 0.741. The minimum absolute atomic E-state index is 0.741. The summed E-state index contributed by atoms with van der Waals surface area (Å²) in [6.45, 7) is 8.12. The number of likely N-dealkylation sites (tertiary alicyclic amines) is 1. The average molecular weight is 270 g/mol. The Labute approximate surface area is 122 Å². The SMILES string of the molecule is Cc1ccc2[nH]cc(CCN3C(C)CCCC3C)c2c1. The Kier molecular flexibility index (Phi) is 3.84. The molecular weight excluding hydrogens is 244 g/mol. The molecule has 0 spiro atoms. The molecule has 2 aromatic rings. The molecular formula is C18H26N2. The number of hydrogen-bond donors (Lipinski definition) is 1. The van der Waals surface area contributed by atoms with Crippen LogP contribution in [0.2, 0.25) is 0 Å². The van der Waals surface area contributed by atoms with Crippen molar-refractivity contribution in [2.45, 2.75) is 58.5 Å². The van der Waals surface area contributed by atoms with E-state index < -0.39 is 0 Å². The van der Waals surface area contributed by atoms with E-state index in [1.165, 1.54) is 47.8 Å². The molecule has 1 fully saturated rings. The van der Waals surface area contributed by atoms with E-state index in [1.54, 1.807) is 0 Å². The third-order valence-electron chi connectivity index (χ3n) is 4.94. The highest BCUT2D eigenvalue weighted by atomic mass is 15.2. The molecule has 2 atom stereocenters. The highest BCUT2D eigenvalue weighted by Gasteiger charge is 2.24. The fourth-order valence-corrected chi connectivity index (χ4v) is 3.66. The van der Waals surface area contributed by atoms with Gasteiger partial charge in [-0.3, -0.25) is 4.90 Å². The summed E-state index contributed by atoms with van der Waals surface area (Å²) in [6.07, 6.45) is 7.46. The van der Waals surface area contributed by atoms with Crippen molar-refractivity contribution in [1.82, 2.24) is 9.88 Å². The Morgan fingerprint density at radius 2 is 1.95 bits per heavy atom. The second-order valence-electron chi connectivity index (χ2n) is 6.48. The van der Waals surface area contributed by atoms with Gasteiger partial charge in [-0.1, -0.05) is 18.1 Å². The quantitative estimate of drug-likeness (QED) is 0.882. The lowest BCUT2D eigenvalue weighted by molar-refractivity contribution is 0.105. The zero-order valence-corrected chi connectivity index (χ0v) is 12.9. The minimum Gasteiger partial charge on any atom is -0.361 e. The molecule has 1 N–H and O–H groups in total. The van der Waals surface area contributed by atoms with Gasteiger partial charge in [0.15, 0.2) is 0 Å². The van der Waals surface area contributed by atoms with E-state index in [-0.39, 0.29) is 0 Å². The van der Waals surface area contributed by atoms with Gasteiger partial charge in [-0.2, -0.15) is 0 Å². The Morgan fingerprint density at radius 3 is 2.70 bits per heavy atom. The predicted molar refractivity (Wildman–Crippen MR) is 86.2 cm³/mol. The van der Waals surface area contributed by atoms with Gasteiger partial charge in [0, 0.05) is 35.7 Å². The molecule has 2 heteroatoms. The van der Waals surface area contributed by atoms with Gasteiger partial charge in [-0.05, 0) is 57.7 Å². The molecule has 1 aromatic heterocycles. The van der Waals surface area contributed by atoms with Gasteiger partial charge in [0.25, 0.3) is 0 Å². The van der Waals surface area contributed by atoms with Crippen LogP contribution >= 0.6 is 0 Å². The standard InChI is InChI=1S/C18H26N2/c1-13-7-8-18-17(11-13)16(12-19-18)9-10-20-14(2)5-4-6-15(20)3/h7-8,11-12,14-15,19H,4-6,9-10H2,1-3H3. The van der Waals surface area contributed by atoms with Crippen LogP contribution < -0.4 is 0 Å². The maximum Gasteiger partial charge on any atom is 0.0456 e. The molecule has 0 bridgehead atoms. The van der Waals surface area contributed by atoms with Crippen molar-refractivity contribution < 1.29 is 0 Å². The van der Waals surface area contributed by atoms with Crippen molar-refractivity contribution in [3.63, 3.8) is 0 Å². The number of benzene rings is 1. The Morgan fingerprint density at radius 1 is 1.20 bits per heavy atom. The monoisotopic (exact) mass is 270 g/mol. The number of aromatic nitrogens is 1. The molecule has 2 nitrogen and oxygen atoms in total. The summed E-state index contributed by atoms with van der Waals surface area (Å²) in [4.78, 5) is 6.10. The first-order valence-corrected chi connectivity index (χ1v) is 7.97. The fraction of sp³-hybridized carbons (Fsp3) is 0.556. The fourth-order valence-electron chi connectivity index (χ4n) is 3.66. The van der Waals surface area contributed by atoms with Crippen molar-refractivity contribution >= 4 is 10.9 Å². The van der Waals surface area contributed by atoms with Crippen LogP contribution in [0.5, 0.6) is 0 Å². The van der Waals surface area contributed by atoms with Crippen LogP contribution in [-0.2, 0) is 6.42 Å². The lowest BCUT2D eigenvalue weighted by atomic mass is 9.96. The Balaban J connectivity index is 1.75. The molecule has 2 unspecified atom stereocenters. The van der Waals surface area contributed by atoms with E-state index >= 15 is 0 Å². The zero-order valence-electron chi connectivity index (χ0n) is 12.9. The number of rotatable bonds is 3. The Hall–Kier alpha value is -1.28. The third kappa shape index (κ3) is 2.62. The van der Waals surface area contributed by atoms with E-state index in [1.807, 2.05) is 0 Å². The molecule has 0 saturated carbocycles. The lowest BCUT2D eigenvalue weighted by Crippen LogP contribution is -2.44. The molecule has 0 radical (unpaired) electrons. The van der Waals surface area contributed by atoms with Gasteiger partial charge in [-0.15, -0.1) is 0 Å². The van der Waals surface area contributed by atoms with Crippen molar-refractivity contribution in [3.8, 4) is 0 Å². The topological polar surface area (TPSA) is 19.0 Å². The number of H-pyrrole nitrogens is 1. The van der Waals surface area contributed by atoms with Crippen LogP contribution in [0.1, 0.15) is 44.2 Å². The molecule has 2 heterocycles. The molecule has 3 rings (SSSR count). The normalized spacial score (nSPS) is 24.4. The number of hydrogen-bond acceptors (Lipinski definition) is 1. The number of piperidine rings is 1. The lowest BCUT2D eigenvalue weighted by Gasteiger charge is -2.39. The van der Waals surface area contributed by atoms with Crippen LogP contribution in [0, 0.1) is 6.92 Å². The van der Waals surface area contributed by atoms with Crippen molar-refractivity contribution in [2.24, 2.45) is 0 Å². The molecule has 20 heavy (non-hydrogen) atoms. The Bertz CT molecular complexity index is 574. The summed E-state index contributed by atoms with van der Waals surface area (Å²) in [5.41, 5.74) is 4.08. The van der Waals surface area contributed by atoms with Crippen LogP contribution in [0.4, 0.5) is 0 Å². The van der Waals surface area contributed by atoms with Gasteiger partial charge in [-0.25, -0.2) is 0 Å². The first-order valence-electron chi connectivity index (χ1n) is 7.97. The maximum atomic E-state index is 3.41. The summed E-state index contributed by atoms with van der Waals surface area (Å²) in [7, 11) is 0. The highest BCUT2D eigenvalue weighted by molar-refractivity contribution is 5.83. The molecule has 1 aliphatic heterocycles. The van der Waals surface area contributed by atoms with Crippen LogP contribution in [0.25, 0.3) is 10.9 Å². The van der Waals surface area contributed by atoms with Crippen molar-refractivity contribution in [1.29, 1.82) is 0 Å².